The monoisotopic (exact) mass is 275 g/mol. The minimum Gasteiger partial charge on any atom is -0.444 e. The van der Waals surface area contributed by atoms with Crippen molar-refractivity contribution in [2.45, 2.75) is 20.5 Å². The molecule has 2 aromatic rings. The Bertz CT molecular complexity index is 650. The van der Waals surface area contributed by atoms with Crippen LogP contribution in [0.2, 0.25) is 0 Å². The first kappa shape index (κ1) is 13.7. The average Bonchev–Trinajstić information content (AvgIpc) is 2.93. The highest BCUT2D eigenvalue weighted by molar-refractivity contribution is 5.70. The van der Waals surface area contributed by atoms with Gasteiger partial charge in [0.05, 0.1) is 10.5 Å². The van der Waals surface area contributed by atoms with E-state index in [2.05, 4.69) is 4.98 Å². The fourth-order valence-corrected chi connectivity index (χ4v) is 1.73. The topological polar surface area (TPSA) is 87.3 Å². The molecular formula is C13H13N3O4. The Balaban J connectivity index is 2.19. The molecule has 7 heteroatoms. The summed E-state index contributed by atoms with van der Waals surface area (Å²) in [6.07, 6.45) is 3.56. The van der Waals surface area contributed by atoms with Crippen LogP contribution in [0.25, 0.3) is 0 Å². The van der Waals surface area contributed by atoms with Gasteiger partial charge >= 0.3 is 6.09 Å². The van der Waals surface area contributed by atoms with Crippen LogP contribution in [0.4, 0.5) is 10.5 Å². The van der Waals surface area contributed by atoms with E-state index in [9.17, 15) is 14.9 Å². The number of imidazole rings is 1. The van der Waals surface area contributed by atoms with Gasteiger partial charge in [0.25, 0.3) is 5.69 Å². The molecule has 0 saturated carbocycles. The largest absolute Gasteiger partial charge is 0.444 e. The number of carbonyl (C=O) groups is 1. The number of hydrogen-bond donors (Lipinski definition) is 0. The van der Waals surface area contributed by atoms with E-state index in [1.54, 1.807) is 13.0 Å². The molecule has 0 unspecified atom stereocenters. The standard InChI is InChI=1S/C13H13N3O4/c1-9-5-11(12(16(18)19)6-10(9)2)7-20-13(17)15-4-3-14-8-15/h3-6,8H,7H2,1-2H3. The van der Waals surface area contributed by atoms with E-state index in [0.29, 0.717) is 5.56 Å². The second-order valence-corrected chi connectivity index (χ2v) is 4.35. The van der Waals surface area contributed by atoms with Crippen molar-refractivity contribution < 1.29 is 14.5 Å². The minimum absolute atomic E-state index is 0.0495. The first-order valence-corrected chi connectivity index (χ1v) is 5.88. The average molecular weight is 275 g/mol. The number of nitro groups is 1. The normalized spacial score (nSPS) is 10.3. The van der Waals surface area contributed by atoms with Gasteiger partial charge in [0.1, 0.15) is 12.9 Å². The lowest BCUT2D eigenvalue weighted by Crippen LogP contribution is -2.12. The third-order valence-corrected chi connectivity index (χ3v) is 2.96. The number of benzene rings is 1. The Morgan fingerprint density at radius 1 is 1.40 bits per heavy atom. The Morgan fingerprint density at radius 2 is 2.10 bits per heavy atom. The second kappa shape index (κ2) is 5.52. The molecule has 0 bridgehead atoms. The van der Waals surface area contributed by atoms with Crippen molar-refractivity contribution in [2.75, 3.05) is 0 Å². The molecule has 1 heterocycles. The van der Waals surface area contributed by atoms with Crippen molar-refractivity contribution in [2.24, 2.45) is 0 Å². The fourth-order valence-electron chi connectivity index (χ4n) is 1.73. The van der Waals surface area contributed by atoms with Crippen molar-refractivity contribution in [3.05, 3.63) is 57.7 Å². The van der Waals surface area contributed by atoms with E-state index in [1.807, 2.05) is 6.92 Å². The molecule has 0 saturated heterocycles. The molecule has 0 atom stereocenters. The quantitative estimate of drug-likeness (QED) is 0.634. The lowest BCUT2D eigenvalue weighted by atomic mass is 10.0. The molecule has 0 amide bonds. The fraction of sp³-hybridized carbons (Fsp3) is 0.231. The first-order chi connectivity index (χ1) is 9.49. The van der Waals surface area contributed by atoms with Crippen LogP contribution in [0.15, 0.2) is 30.9 Å². The van der Waals surface area contributed by atoms with Gasteiger partial charge in [0.15, 0.2) is 0 Å². The summed E-state index contributed by atoms with van der Waals surface area (Å²) in [6, 6.07) is 3.14. The van der Waals surface area contributed by atoms with Gasteiger partial charge in [-0.15, -0.1) is 0 Å². The summed E-state index contributed by atoms with van der Waals surface area (Å²) in [5, 5.41) is 11.0. The van der Waals surface area contributed by atoms with Gasteiger partial charge in [0, 0.05) is 18.5 Å². The van der Waals surface area contributed by atoms with Crippen LogP contribution in [0.3, 0.4) is 0 Å². The molecule has 0 radical (unpaired) electrons. The number of carbonyl (C=O) groups excluding carboxylic acids is 1. The third-order valence-electron chi connectivity index (χ3n) is 2.96. The van der Waals surface area contributed by atoms with E-state index in [1.165, 1.54) is 24.8 Å². The number of nitro benzene ring substituents is 1. The van der Waals surface area contributed by atoms with Crippen molar-refractivity contribution >= 4 is 11.8 Å². The SMILES string of the molecule is Cc1cc(COC(=O)n2ccnc2)c([N+](=O)[O-])cc1C. The van der Waals surface area contributed by atoms with Crippen molar-refractivity contribution in [3.63, 3.8) is 0 Å². The summed E-state index contributed by atoms with van der Waals surface area (Å²) >= 11 is 0. The van der Waals surface area contributed by atoms with Crippen molar-refractivity contribution in [1.82, 2.24) is 9.55 Å². The summed E-state index contributed by atoms with van der Waals surface area (Å²) < 4.78 is 6.20. The van der Waals surface area contributed by atoms with Crippen molar-refractivity contribution in [1.29, 1.82) is 0 Å². The van der Waals surface area contributed by atoms with Crippen LogP contribution in [0, 0.1) is 24.0 Å². The zero-order chi connectivity index (χ0) is 14.7. The maximum atomic E-state index is 11.6. The van der Waals surface area contributed by atoms with Gasteiger partial charge in [-0.2, -0.15) is 0 Å². The first-order valence-electron chi connectivity index (χ1n) is 5.88. The van der Waals surface area contributed by atoms with Gasteiger partial charge in [-0.05, 0) is 31.0 Å². The number of aromatic nitrogens is 2. The maximum Gasteiger partial charge on any atom is 0.419 e. The van der Waals surface area contributed by atoms with Crippen LogP contribution in [0.1, 0.15) is 16.7 Å². The Hall–Kier alpha value is -2.70. The molecular weight excluding hydrogens is 262 g/mol. The van der Waals surface area contributed by atoms with Crippen LogP contribution in [-0.4, -0.2) is 20.6 Å². The molecule has 0 fully saturated rings. The van der Waals surface area contributed by atoms with Gasteiger partial charge < -0.3 is 4.74 Å². The van der Waals surface area contributed by atoms with E-state index in [-0.39, 0.29) is 12.3 Å². The molecule has 0 aliphatic heterocycles. The Morgan fingerprint density at radius 3 is 2.70 bits per heavy atom. The summed E-state index contributed by atoms with van der Waals surface area (Å²) in [4.78, 5) is 25.9. The molecule has 2 rings (SSSR count). The van der Waals surface area contributed by atoms with E-state index in [0.717, 1.165) is 15.7 Å². The van der Waals surface area contributed by atoms with Gasteiger partial charge in [0.2, 0.25) is 0 Å². The molecule has 0 aliphatic carbocycles. The van der Waals surface area contributed by atoms with E-state index in [4.69, 9.17) is 4.74 Å². The molecule has 1 aromatic carbocycles. The maximum absolute atomic E-state index is 11.6. The Labute approximate surface area is 115 Å². The molecule has 0 spiro atoms. The summed E-state index contributed by atoms with van der Waals surface area (Å²) in [5.41, 5.74) is 2.05. The molecule has 0 aliphatic rings. The van der Waals surface area contributed by atoms with Crippen LogP contribution >= 0.6 is 0 Å². The zero-order valence-electron chi connectivity index (χ0n) is 11.1. The summed E-state index contributed by atoms with van der Waals surface area (Å²) in [5.74, 6) is 0. The van der Waals surface area contributed by atoms with E-state index < -0.39 is 11.0 Å². The summed E-state index contributed by atoms with van der Waals surface area (Å²) in [6.45, 7) is 3.48. The molecule has 20 heavy (non-hydrogen) atoms. The third kappa shape index (κ3) is 2.82. The minimum atomic E-state index is -0.630. The highest BCUT2D eigenvalue weighted by atomic mass is 16.6. The lowest BCUT2D eigenvalue weighted by molar-refractivity contribution is -0.385. The van der Waals surface area contributed by atoms with Gasteiger partial charge in [-0.3, -0.25) is 10.1 Å². The molecule has 0 N–H and O–H groups in total. The number of nitrogens with zero attached hydrogens (tertiary/aromatic N) is 3. The van der Waals surface area contributed by atoms with Crippen LogP contribution in [0.5, 0.6) is 0 Å². The molecule has 1 aromatic heterocycles. The van der Waals surface area contributed by atoms with E-state index >= 15 is 0 Å². The highest BCUT2D eigenvalue weighted by Gasteiger charge is 2.17. The number of rotatable bonds is 3. The number of ether oxygens (including phenoxy) is 1. The Kier molecular flexibility index (Phi) is 3.79. The number of hydrogen-bond acceptors (Lipinski definition) is 5. The molecule has 7 nitrogen and oxygen atoms in total. The smallest absolute Gasteiger partial charge is 0.419 e. The highest BCUT2D eigenvalue weighted by Crippen LogP contribution is 2.23. The zero-order valence-corrected chi connectivity index (χ0v) is 11.1. The summed E-state index contributed by atoms with van der Waals surface area (Å²) in [7, 11) is 0. The van der Waals surface area contributed by atoms with Crippen LogP contribution < -0.4 is 0 Å². The van der Waals surface area contributed by atoms with Gasteiger partial charge in [-0.1, -0.05) is 0 Å². The van der Waals surface area contributed by atoms with Crippen molar-refractivity contribution in [3.8, 4) is 0 Å². The lowest BCUT2D eigenvalue weighted by Gasteiger charge is -2.08. The van der Waals surface area contributed by atoms with Crippen LogP contribution in [-0.2, 0) is 11.3 Å². The molecule has 104 valence electrons. The number of aryl methyl sites for hydroxylation is 2. The van der Waals surface area contributed by atoms with Gasteiger partial charge in [-0.25, -0.2) is 14.3 Å². The second-order valence-electron chi connectivity index (χ2n) is 4.35. The predicted octanol–water partition coefficient (Wildman–Crippen LogP) is 2.59. The predicted molar refractivity (Wildman–Crippen MR) is 70.4 cm³/mol.